The Bertz CT molecular complexity index is 460. The van der Waals surface area contributed by atoms with E-state index in [2.05, 4.69) is 16.7 Å². The van der Waals surface area contributed by atoms with E-state index < -0.39 is 0 Å². The van der Waals surface area contributed by atoms with E-state index in [4.69, 9.17) is 5.11 Å². The van der Waals surface area contributed by atoms with Gasteiger partial charge in [0.2, 0.25) is 0 Å². The summed E-state index contributed by atoms with van der Waals surface area (Å²) in [6.07, 6.45) is 2.76. The first kappa shape index (κ1) is 15.0. The van der Waals surface area contributed by atoms with Gasteiger partial charge in [0.1, 0.15) is 0 Å². The predicted octanol–water partition coefficient (Wildman–Crippen LogP) is 1.47. The molecule has 0 spiro atoms. The van der Waals surface area contributed by atoms with Gasteiger partial charge in [-0.05, 0) is 48.9 Å². The molecule has 0 aliphatic carbocycles. The number of hydrogen-bond donors (Lipinski definition) is 3. The van der Waals surface area contributed by atoms with E-state index in [1.807, 2.05) is 19.1 Å². The van der Waals surface area contributed by atoms with Gasteiger partial charge in [0.15, 0.2) is 0 Å². The van der Waals surface area contributed by atoms with E-state index >= 15 is 0 Å². The van der Waals surface area contributed by atoms with E-state index in [1.54, 1.807) is 0 Å². The number of carbonyl (C=O) groups excluding carboxylic acids is 1. The zero-order valence-corrected chi connectivity index (χ0v) is 12.1. The van der Waals surface area contributed by atoms with Crippen LogP contribution in [0.4, 0.5) is 0 Å². The van der Waals surface area contributed by atoms with Crippen molar-refractivity contribution in [1.82, 2.24) is 10.6 Å². The van der Waals surface area contributed by atoms with Crippen molar-refractivity contribution in [1.29, 1.82) is 0 Å². The molecule has 1 aromatic rings. The Hall–Kier alpha value is -1.39. The molecule has 0 radical (unpaired) electrons. The minimum absolute atomic E-state index is 0.0281. The Morgan fingerprint density at radius 3 is 3.15 bits per heavy atom. The molecule has 1 atom stereocenters. The molecule has 1 aliphatic heterocycles. The molecule has 0 fully saturated rings. The second-order valence-electron chi connectivity index (χ2n) is 5.56. The number of aliphatic hydroxyl groups is 1. The lowest BCUT2D eigenvalue weighted by Gasteiger charge is -2.20. The molecular formula is C16H24N2O2. The summed E-state index contributed by atoms with van der Waals surface area (Å²) in [5, 5.41) is 15.3. The summed E-state index contributed by atoms with van der Waals surface area (Å²) < 4.78 is 0. The minimum atomic E-state index is 0.0281. The first-order chi connectivity index (χ1) is 9.72. The molecule has 110 valence electrons. The second kappa shape index (κ2) is 7.41. The van der Waals surface area contributed by atoms with Crippen LogP contribution in [0.1, 0.15) is 41.3 Å². The number of amides is 1. The highest BCUT2D eigenvalue weighted by atomic mass is 16.3. The van der Waals surface area contributed by atoms with Crippen LogP contribution in [0.25, 0.3) is 0 Å². The molecule has 2 rings (SSSR count). The van der Waals surface area contributed by atoms with Crippen LogP contribution in [0.2, 0.25) is 0 Å². The van der Waals surface area contributed by atoms with Gasteiger partial charge in [-0.1, -0.05) is 19.1 Å². The third-order valence-corrected chi connectivity index (χ3v) is 3.86. The second-order valence-corrected chi connectivity index (χ2v) is 5.56. The number of carbonyl (C=O) groups is 1. The lowest BCUT2D eigenvalue weighted by atomic mass is 9.95. The maximum absolute atomic E-state index is 12.2. The topological polar surface area (TPSA) is 61.4 Å². The van der Waals surface area contributed by atoms with Crippen molar-refractivity contribution >= 4 is 5.91 Å². The summed E-state index contributed by atoms with van der Waals surface area (Å²) in [7, 11) is 0. The third kappa shape index (κ3) is 3.81. The maximum Gasteiger partial charge on any atom is 0.251 e. The SMILES string of the molecule is CC(CO)CCCNC(=O)c1cccc2c1CCNC2. The number of fused-ring (bicyclic) bond motifs is 1. The van der Waals surface area contributed by atoms with Crippen molar-refractivity contribution in [2.45, 2.75) is 32.7 Å². The molecule has 1 heterocycles. The predicted molar refractivity (Wildman–Crippen MR) is 79.7 cm³/mol. The normalized spacial score (nSPS) is 15.5. The van der Waals surface area contributed by atoms with Gasteiger partial charge < -0.3 is 15.7 Å². The lowest BCUT2D eigenvalue weighted by molar-refractivity contribution is 0.0951. The molecule has 4 heteroatoms. The van der Waals surface area contributed by atoms with Crippen LogP contribution >= 0.6 is 0 Å². The van der Waals surface area contributed by atoms with E-state index in [1.165, 1.54) is 11.1 Å². The van der Waals surface area contributed by atoms with Crippen LogP contribution in [-0.4, -0.2) is 30.7 Å². The summed E-state index contributed by atoms with van der Waals surface area (Å²) in [6, 6.07) is 5.95. The maximum atomic E-state index is 12.2. The zero-order valence-electron chi connectivity index (χ0n) is 12.1. The fourth-order valence-electron chi connectivity index (χ4n) is 2.58. The molecule has 1 amide bonds. The van der Waals surface area contributed by atoms with Gasteiger partial charge in [-0.2, -0.15) is 0 Å². The molecule has 4 nitrogen and oxygen atoms in total. The van der Waals surface area contributed by atoms with Gasteiger partial charge in [-0.3, -0.25) is 4.79 Å². The monoisotopic (exact) mass is 276 g/mol. The fourth-order valence-corrected chi connectivity index (χ4v) is 2.58. The van der Waals surface area contributed by atoms with E-state index in [9.17, 15) is 4.79 Å². The van der Waals surface area contributed by atoms with Gasteiger partial charge in [0, 0.05) is 25.3 Å². The number of benzene rings is 1. The molecule has 1 unspecified atom stereocenters. The Labute approximate surface area is 120 Å². The quantitative estimate of drug-likeness (QED) is 0.690. The van der Waals surface area contributed by atoms with Crippen molar-refractivity contribution in [2.24, 2.45) is 5.92 Å². The van der Waals surface area contributed by atoms with Crippen LogP contribution < -0.4 is 10.6 Å². The molecule has 0 saturated heterocycles. The summed E-state index contributed by atoms with van der Waals surface area (Å²) >= 11 is 0. The number of rotatable bonds is 6. The van der Waals surface area contributed by atoms with Crippen molar-refractivity contribution < 1.29 is 9.90 Å². The zero-order chi connectivity index (χ0) is 14.4. The van der Waals surface area contributed by atoms with Crippen molar-refractivity contribution in [2.75, 3.05) is 19.7 Å². The van der Waals surface area contributed by atoms with Crippen LogP contribution in [0.3, 0.4) is 0 Å². The Kier molecular flexibility index (Phi) is 5.56. The average molecular weight is 276 g/mol. The van der Waals surface area contributed by atoms with Gasteiger partial charge in [-0.15, -0.1) is 0 Å². The minimum Gasteiger partial charge on any atom is -0.396 e. The highest BCUT2D eigenvalue weighted by Gasteiger charge is 2.16. The van der Waals surface area contributed by atoms with E-state index in [0.29, 0.717) is 12.5 Å². The van der Waals surface area contributed by atoms with Crippen LogP contribution in [0.15, 0.2) is 18.2 Å². The van der Waals surface area contributed by atoms with Gasteiger partial charge in [-0.25, -0.2) is 0 Å². The van der Waals surface area contributed by atoms with Crippen molar-refractivity contribution in [3.05, 3.63) is 34.9 Å². The molecule has 0 aromatic heterocycles. The van der Waals surface area contributed by atoms with Crippen LogP contribution in [0, 0.1) is 5.92 Å². The molecule has 0 saturated carbocycles. The smallest absolute Gasteiger partial charge is 0.251 e. The van der Waals surface area contributed by atoms with Crippen LogP contribution in [0.5, 0.6) is 0 Å². The van der Waals surface area contributed by atoms with Crippen molar-refractivity contribution in [3.8, 4) is 0 Å². The lowest BCUT2D eigenvalue weighted by Crippen LogP contribution is -2.30. The summed E-state index contributed by atoms with van der Waals surface area (Å²) in [5.41, 5.74) is 3.24. The van der Waals surface area contributed by atoms with E-state index in [-0.39, 0.29) is 12.5 Å². The van der Waals surface area contributed by atoms with Gasteiger partial charge >= 0.3 is 0 Å². The summed E-state index contributed by atoms with van der Waals surface area (Å²) in [4.78, 5) is 12.2. The summed E-state index contributed by atoms with van der Waals surface area (Å²) in [6.45, 7) is 4.69. The highest BCUT2D eigenvalue weighted by molar-refractivity contribution is 5.96. The molecule has 20 heavy (non-hydrogen) atoms. The molecule has 1 aliphatic rings. The van der Waals surface area contributed by atoms with Gasteiger partial charge in [0.25, 0.3) is 5.91 Å². The molecule has 3 N–H and O–H groups in total. The van der Waals surface area contributed by atoms with E-state index in [0.717, 1.165) is 37.9 Å². The number of nitrogens with one attached hydrogen (secondary N) is 2. The van der Waals surface area contributed by atoms with Crippen LogP contribution in [-0.2, 0) is 13.0 Å². The number of aliphatic hydroxyl groups excluding tert-OH is 1. The Morgan fingerprint density at radius 1 is 1.50 bits per heavy atom. The van der Waals surface area contributed by atoms with Gasteiger partial charge in [0.05, 0.1) is 0 Å². The summed E-state index contributed by atoms with van der Waals surface area (Å²) in [5.74, 6) is 0.336. The standard InChI is InChI=1S/C16H24N2O2/c1-12(11-19)4-3-8-18-16(20)15-6-2-5-13-10-17-9-7-14(13)15/h2,5-6,12,17,19H,3-4,7-11H2,1H3,(H,18,20). The van der Waals surface area contributed by atoms with Crippen molar-refractivity contribution in [3.63, 3.8) is 0 Å². The molecule has 1 aromatic carbocycles. The Balaban J connectivity index is 1.90. The fraction of sp³-hybridized carbons (Fsp3) is 0.562. The molecular weight excluding hydrogens is 252 g/mol. The largest absolute Gasteiger partial charge is 0.396 e. The Morgan fingerprint density at radius 2 is 2.35 bits per heavy atom. The molecule has 0 bridgehead atoms. The highest BCUT2D eigenvalue weighted by Crippen LogP contribution is 2.18. The first-order valence-corrected chi connectivity index (χ1v) is 7.43. The average Bonchev–Trinajstić information content (AvgIpc) is 2.50. The third-order valence-electron chi connectivity index (χ3n) is 3.86. The number of hydrogen-bond acceptors (Lipinski definition) is 3. The first-order valence-electron chi connectivity index (χ1n) is 7.43.